The van der Waals surface area contributed by atoms with Crippen molar-refractivity contribution in [1.29, 1.82) is 0 Å². The monoisotopic (exact) mass is 137 g/mol. The number of rotatable bonds is 1. The Labute approximate surface area is 57.7 Å². The Hall–Kier alpha value is -1.45. The van der Waals surface area contributed by atoms with Crippen LogP contribution in [0.25, 0.3) is 0 Å². The van der Waals surface area contributed by atoms with E-state index in [1.807, 2.05) is 0 Å². The molecule has 1 aromatic heterocycles. The summed E-state index contributed by atoms with van der Waals surface area (Å²) >= 11 is 0. The first-order valence-corrected chi connectivity index (χ1v) is 2.63. The van der Waals surface area contributed by atoms with Gasteiger partial charge in [-0.05, 0) is 29.0 Å². The average molecular weight is 137 g/mol. The maximum Gasteiger partial charge on any atom is 0.366 e. The third-order valence-corrected chi connectivity index (χ3v) is 1.04. The summed E-state index contributed by atoms with van der Waals surface area (Å²) in [6.07, 6.45) is 1.37. The van der Waals surface area contributed by atoms with Gasteiger partial charge in [0.25, 0.3) is 0 Å². The topological polar surface area (TPSA) is 56.0 Å². The maximum atomic E-state index is 10.1. The van der Waals surface area contributed by atoms with Crippen molar-refractivity contribution >= 4 is 5.82 Å². The molecule has 0 saturated carbocycles. The Morgan fingerprint density at radius 3 is 2.80 bits per heavy atom. The zero-order chi connectivity index (χ0) is 7.56. The molecular weight excluding hydrogens is 132 g/mol. The van der Waals surface area contributed by atoms with Gasteiger partial charge >= 0.3 is 5.82 Å². The Morgan fingerprint density at radius 1 is 1.70 bits per heavy atom. The molecular formula is C6H5N2O2. The molecule has 0 aromatic carbocycles. The van der Waals surface area contributed by atoms with Gasteiger partial charge in [-0.2, -0.15) is 0 Å². The molecule has 4 heteroatoms. The van der Waals surface area contributed by atoms with Gasteiger partial charge in [-0.1, -0.05) is 0 Å². The Kier molecular flexibility index (Phi) is 1.62. The maximum absolute atomic E-state index is 10.1. The summed E-state index contributed by atoms with van der Waals surface area (Å²) in [5.74, 6) is -0.178. The molecule has 51 valence electrons. The summed E-state index contributed by atoms with van der Waals surface area (Å²) in [6, 6.07) is 3.15. The normalized spacial score (nSPS) is 9.30. The SMILES string of the molecule is [CH2]c1cccnc1[N+](=O)[O-]. The molecule has 4 nitrogen and oxygen atoms in total. The molecule has 0 aliphatic carbocycles. The standard InChI is InChI=1S/C6H5N2O2/c1-5-3-2-4-7-6(5)8(9)10/h2-4H,1H2. The van der Waals surface area contributed by atoms with Crippen molar-refractivity contribution in [2.75, 3.05) is 0 Å². The van der Waals surface area contributed by atoms with Crippen molar-refractivity contribution < 1.29 is 4.92 Å². The number of hydrogen-bond donors (Lipinski definition) is 0. The van der Waals surface area contributed by atoms with E-state index in [4.69, 9.17) is 0 Å². The molecule has 0 aliphatic heterocycles. The zero-order valence-electron chi connectivity index (χ0n) is 5.15. The first-order chi connectivity index (χ1) is 4.72. The summed E-state index contributed by atoms with van der Waals surface area (Å²) in [6.45, 7) is 3.44. The van der Waals surface area contributed by atoms with Crippen molar-refractivity contribution in [3.63, 3.8) is 0 Å². The fourth-order valence-electron chi connectivity index (χ4n) is 0.595. The van der Waals surface area contributed by atoms with Crippen molar-refractivity contribution in [3.05, 3.63) is 40.9 Å². The highest BCUT2D eigenvalue weighted by molar-refractivity contribution is 5.33. The van der Waals surface area contributed by atoms with E-state index in [2.05, 4.69) is 11.9 Å². The summed E-state index contributed by atoms with van der Waals surface area (Å²) in [5, 5.41) is 10.1. The third-order valence-electron chi connectivity index (χ3n) is 1.04. The van der Waals surface area contributed by atoms with Gasteiger partial charge in [0, 0.05) is 0 Å². The van der Waals surface area contributed by atoms with Crippen LogP contribution < -0.4 is 0 Å². The van der Waals surface area contributed by atoms with E-state index >= 15 is 0 Å². The Balaban J connectivity index is 3.15. The molecule has 1 radical (unpaired) electrons. The fraction of sp³-hybridized carbons (Fsp3) is 0. The van der Waals surface area contributed by atoms with Crippen LogP contribution in [0.4, 0.5) is 5.82 Å². The summed E-state index contributed by atoms with van der Waals surface area (Å²) in [5.41, 5.74) is 0.340. The van der Waals surface area contributed by atoms with Crippen molar-refractivity contribution in [1.82, 2.24) is 4.98 Å². The average Bonchev–Trinajstić information content (AvgIpc) is 1.88. The predicted octanol–water partition coefficient (Wildman–Crippen LogP) is 1.17. The van der Waals surface area contributed by atoms with Crippen molar-refractivity contribution in [2.24, 2.45) is 0 Å². The number of nitrogens with zero attached hydrogens (tertiary/aromatic N) is 2. The molecule has 1 aromatic rings. The minimum Gasteiger partial charge on any atom is -0.358 e. The lowest BCUT2D eigenvalue weighted by molar-refractivity contribution is -0.389. The van der Waals surface area contributed by atoms with E-state index in [1.165, 1.54) is 6.20 Å². The zero-order valence-corrected chi connectivity index (χ0v) is 5.15. The number of pyridine rings is 1. The Bertz CT molecular complexity index is 260. The first kappa shape index (κ1) is 6.67. The minimum absolute atomic E-state index is 0.178. The fourth-order valence-corrected chi connectivity index (χ4v) is 0.595. The molecule has 0 spiro atoms. The van der Waals surface area contributed by atoms with Gasteiger partial charge in [0.15, 0.2) is 0 Å². The number of hydrogen-bond acceptors (Lipinski definition) is 3. The van der Waals surface area contributed by atoms with E-state index in [9.17, 15) is 10.1 Å². The van der Waals surface area contributed by atoms with Crippen molar-refractivity contribution in [3.8, 4) is 0 Å². The highest BCUT2D eigenvalue weighted by Crippen LogP contribution is 2.10. The van der Waals surface area contributed by atoms with E-state index in [-0.39, 0.29) is 5.82 Å². The van der Waals surface area contributed by atoms with Gasteiger partial charge in [-0.3, -0.25) is 0 Å². The second-order valence-corrected chi connectivity index (χ2v) is 1.74. The van der Waals surface area contributed by atoms with Crippen LogP contribution in [0.15, 0.2) is 18.3 Å². The van der Waals surface area contributed by atoms with Gasteiger partial charge in [0.1, 0.15) is 6.20 Å². The quantitative estimate of drug-likeness (QED) is 0.431. The molecule has 0 fully saturated rings. The van der Waals surface area contributed by atoms with Crippen LogP contribution >= 0.6 is 0 Å². The lowest BCUT2D eigenvalue weighted by Crippen LogP contribution is -1.93. The summed E-state index contributed by atoms with van der Waals surface area (Å²) in [7, 11) is 0. The molecule has 1 rings (SSSR count). The van der Waals surface area contributed by atoms with E-state index in [0.29, 0.717) is 5.56 Å². The molecule has 0 saturated heterocycles. The molecule has 1 heterocycles. The molecule has 0 bridgehead atoms. The smallest absolute Gasteiger partial charge is 0.358 e. The molecule has 0 atom stereocenters. The van der Waals surface area contributed by atoms with Gasteiger partial charge in [-0.25, -0.2) is 0 Å². The highest BCUT2D eigenvalue weighted by atomic mass is 16.6. The second-order valence-electron chi connectivity index (χ2n) is 1.74. The van der Waals surface area contributed by atoms with Crippen LogP contribution in [0, 0.1) is 17.0 Å². The van der Waals surface area contributed by atoms with Crippen LogP contribution in [-0.4, -0.2) is 9.91 Å². The van der Waals surface area contributed by atoms with Crippen LogP contribution in [-0.2, 0) is 0 Å². The van der Waals surface area contributed by atoms with Crippen LogP contribution in [0.2, 0.25) is 0 Å². The van der Waals surface area contributed by atoms with Crippen LogP contribution in [0.1, 0.15) is 5.56 Å². The summed E-state index contributed by atoms with van der Waals surface area (Å²) < 4.78 is 0. The van der Waals surface area contributed by atoms with E-state index in [0.717, 1.165) is 0 Å². The largest absolute Gasteiger partial charge is 0.366 e. The molecule has 0 N–H and O–H groups in total. The third kappa shape index (κ3) is 1.10. The lowest BCUT2D eigenvalue weighted by Gasteiger charge is -1.92. The lowest BCUT2D eigenvalue weighted by atomic mass is 10.3. The van der Waals surface area contributed by atoms with Gasteiger partial charge in [-0.15, -0.1) is 0 Å². The number of nitro groups is 1. The van der Waals surface area contributed by atoms with Gasteiger partial charge in [0.05, 0.1) is 5.56 Å². The first-order valence-electron chi connectivity index (χ1n) is 2.63. The van der Waals surface area contributed by atoms with Gasteiger partial charge < -0.3 is 10.1 Å². The van der Waals surface area contributed by atoms with Crippen LogP contribution in [0.5, 0.6) is 0 Å². The Morgan fingerprint density at radius 2 is 2.40 bits per heavy atom. The van der Waals surface area contributed by atoms with E-state index in [1.54, 1.807) is 12.1 Å². The van der Waals surface area contributed by atoms with Crippen LogP contribution in [0.3, 0.4) is 0 Å². The summed E-state index contributed by atoms with van der Waals surface area (Å²) in [4.78, 5) is 13.1. The number of aromatic nitrogens is 1. The van der Waals surface area contributed by atoms with Crippen molar-refractivity contribution in [2.45, 2.75) is 0 Å². The molecule has 0 aliphatic rings. The second kappa shape index (κ2) is 2.43. The minimum atomic E-state index is -0.553. The predicted molar refractivity (Wildman–Crippen MR) is 35.4 cm³/mol. The molecule has 0 amide bonds. The van der Waals surface area contributed by atoms with E-state index < -0.39 is 4.92 Å². The van der Waals surface area contributed by atoms with Gasteiger partial charge in [0.2, 0.25) is 0 Å². The molecule has 10 heavy (non-hydrogen) atoms. The highest BCUT2D eigenvalue weighted by Gasteiger charge is 2.08. The molecule has 0 unspecified atom stereocenters.